The van der Waals surface area contributed by atoms with E-state index in [1.54, 1.807) is 0 Å². The van der Waals surface area contributed by atoms with Crippen molar-refractivity contribution in [3.05, 3.63) is 59.7 Å². The number of hydrogen-bond acceptors (Lipinski definition) is 2. The van der Waals surface area contributed by atoms with Gasteiger partial charge in [0.2, 0.25) is 0 Å². The summed E-state index contributed by atoms with van der Waals surface area (Å²) in [4.78, 5) is 11.2. The molecule has 0 saturated carbocycles. The van der Waals surface area contributed by atoms with Crippen molar-refractivity contribution in [2.45, 2.75) is 25.9 Å². The van der Waals surface area contributed by atoms with Gasteiger partial charge in [-0.05, 0) is 24.0 Å². The molecule has 1 aliphatic rings. The Morgan fingerprint density at radius 1 is 1.24 bits per heavy atom. The third-order valence-corrected chi connectivity index (χ3v) is 2.71. The molecule has 0 aromatic heterocycles. The van der Waals surface area contributed by atoms with Gasteiger partial charge in [-0.2, -0.15) is 0 Å². The third-order valence-electron chi connectivity index (χ3n) is 2.71. The van der Waals surface area contributed by atoms with Gasteiger partial charge >= 0.3 is 5.97 Å². The molecule has 1 aromatic carbocycles. The van der Waals surface area contributed by atoms with Crippen LogP contribution in [0.3, 0.4) is 0 Å². The van der Waals surface area contributed by atoms with Crippen LogP contribution in [0, 0.1) is 0 Å². The van der Waals surface area contributed by atoms with Crippen LogP contribution in [0.1, 0.15) is 31.4 Å². The van der Waals surface area contributed by atoms with Crippen molar-refractivity contribution in [3.63, 3.8) is 0 Å². The fourth-order valence-corrected chi connectivity index (χ4v) is 1.95. The van der Waals surface area contributed by atoms with Gasteiger partial charge in [-0.1, -0.05) is 48.6 Å². The van der Waals surface area contributed by atoms with Crippen molar-refractivity contribution in [3.8, 4) is 0 Å². The van der Waals surface area contributed by atoms with Crippen LogP contribution >= 0.6 is 0 Å². The van der Waals surface area contributed by atoms with Gasteiger partial charge < -0.3 is 4.74 Å². The molecule has 0 heterocycles. The topological polar surface area (TPSA) is 26.3 Å². The Bertz CT molecular complexity index is 443. The lowest BCUT2D eigenvalue weighted by Gasteiger charge is -2.20. The molecule has 2 heteroatoms. The summed E-state index contributed by atoms with van der Waals surface area (Å²) in [6, 6.07) is 9.84. The summed E-state index contributed by atoms with van der Waals surface area (Å²) in [5, 5.41) is 0. The minimum Gasteiger partial charge on any atom is -0.453 e. The first-order valence-electron chi connectivity index (χ1n) is 5.86. The molecule has 0 spiro atoms. The molecular formula is C15H16O2. The highest BCUT2D eigenvalue weighted by Crippen LogP contribution is 2.29. The molecule has 0 bridgehead atoms. The second-order valence-corrected chi connectivity index (χ2v) is 4.08. The average molecular weight is 228 g/mol. The Morgan fingerprint density at radius 2 is 2.00 bits per heavy atom. The maximum Gasteiger partial charge on any atom is 0.303 e. The van der Waals surface area contributed by atoms with Crippen molar-refractivity contribution < 1.29 is 9.53 Å². The van der Waals surface area contributed by atoms with E-state index in [0.717, 1.165) is 24.0 Å². The second-order valence-electron chi connectivity index (χ2n) is 4.08. The lowest BCUT2D eigenvalue weighted by Crippen LogP contribution is -2.11. The molecule has 1 aliphatic carbocycles. The molecule has 2 nitrogen and oxygen atoms in total. The molecule has 1 unspecified atom stereocenters. The SMILES string of the molecule is CC(=O)OC(C1=CCCC=C1)c1ccccc1. The first kappa shape index (κ1) is 11.6. The number of carbonyl (C=O) groups excluding carboxylic acids is 1. The van der Waals surface area contributed by atoms with Gasteiger partial charge in [-0.15, -0.1) is 0 Å². The average Bonchev–Trinajstić information content (AvgIpc) is 2.38. The highest BCUT2D eigenvalue weighted by molar-refractivity contribution is 5.67. The Morgan fingerprint density at radius 3 is 2.59 bits per heavy atom. The smallest absolute Gasteiger partial charge is 0.303 e. The molecule has 0 amide bonds. The van der Waals surface area contributed by atoms with E-state index in [0.29, 0.717) is 0 Å². The van der Waals surface area contributed by atoms with Crippen LogP contribution in [-0.4, -0.2) is 5.97 Å². The van der Waals surface area contributed by atoms with Crippen LogP contribution in [0.5, 0.6) is 0 Å². The van der Waals surface area contributed by atoms with Crippen molar-refractivity contribution in [2.24, 2.45) is 0 Å². The number of carbonyl (C=O) groups is 1. The second kappa shape index (κ2) is 5.48. The van der Waals surface area contributed by atoms with Crippen LogP contribution in [0.15, 0.2) is 54.1 Å². The van der Waals surface area contributed by atoms with Crippen molar-refractivity contribution >= 4 is 5.97 Å². The van der Waals surface area contributed by atoms with E-state index < -0.39 is 0 Å². The Kier molecular flexibility index (Phi) is 3.76. The summed E-state index contributed by atoms with van der Waals surface area (Å²) in [6.45, 7) is 1.45. The first-order chi connectivity index (χ1) is 8.27. The molecule has 0 radical (unpaired) electrons. The minimum atomic E-state index is -0.273. The van der Waals surface area contributed by atoms with Crippen LogP contribution < -0.4 is 0 Å². The van der Waals surface area contributed by atoms with Crippen molar-refractivity contribution in [1.82, 2.24) is 0 Å². The van der Waals surface area contributed by atoms with E-state index in [9.17, 15) is 4.79 Å². The van der Waals surface area contributed by atoms with E-state index in [4.69, 9.17) is 4.74 Å². The number of rotatable bonds is 3. The summed E-state index contributed by atoms with van der Waals surface area (Å²) < 4.78 is 5.42. The molecule has 1 aromatic rings. The van der Waals surface area contributed by atoms with Crippen LogP contribution in [0.25, 0.3) is 0 Å². The maximum absolute atomic E-state index is 11.2. The van der Waals surface area contributed by atoms with Gasteiger partial charge in [0.1, 0.15) is 0 Å². The largest absolute Gasteiger partial charge is 0.453 e. The number of esters is 1. The molecule has 88 valence electrons. The maximum atomic E-state index is 11.2. The summed E-state index contributed by atoms with van der Waals surface area (Å²) in [6.07, 6.45) is 8.10. The number of benzene rings is 1. The summed E-state index contributed by atoms with van der Waals surface area (Å²) >= 11 is 0. The summed E-state index contributed by atoms with van der Waals surface area (Å²) in [5.41, 5.74) is 2.08. The summed E-state index contributed by atoms with van der Waals surface area (Å²) in [7, 11) is 0. The normalized spacial score (nSPS) is 16.2. The zero-order valence-corrected chi connectivity index (χ0v) is 9.93. The van der Waals surface area contributed by atoms with Gasteiger partial charge in [-0.3, -0.25) is 4.79 Å². The van der Waals surface area contributed by atoms with Gasteiger partial charge in [0.25, 0.3) is 0 Å². The van der Waals surface area contributed by atoms with E-state index >= 15 is 0 Å². The molecule has 0 aliphatic heterocycles. The number of allylic oxidation sites excluding steroid dienone is 2. The standard InChI is InChI=1S/C15H16O2/c1-12(16)17-15(13-8-4-2-5-9-13)14-10-6-3-7-11-14/h2,4-6,8-11,15H,3,7H2,1H3. The van der Waals surface area contributed by atoms with E-state index in [1.165, 1.54) is 6.92 Å². The molecule has 0 N–H and O–H groups in total. The predicted octanol–water partition coefficient (Wildman–Crippen LogP) is 3.57. The zero-order chi connectivity index (χ0) is 12.1. The molecule has 0 saturated heterocycles. The predicted molar refractivity (Wildman–Crippen MR) is 67.4 cm³/mol. The Hall–Kier alpha value is -1.83. The molecule has 2 rings (SSSR count). The lowest BCUT2D eigenvalue weighted by atomic mass is 9.96. The van der Waals surface area contributed by atoms with E-state index in [2.05, 4.69) is 12.2 Å². The molecular weight excluding hydrogens is 212 g/mol. The fraction of sp³-hybridized carbons (Fsp3) is 0.267. The van der Waals surface area contributed by atoms with E-state index in [-0.39, 0.29) is 12.1 Å². The number of ether oxygens (including phenoxy) is 1. The van der Waals surface area contributed by atoms with E-state index in [1.807, 2.05) is 36.4 Å². The first-order valence-corrected chi connectivity index (χ1v) is 5.86. The van der Waals surface area contributed by atoms with Gasteiger partial charge in [0.05, 0.1) is 0 Å². The Labute approximate surface area is 102 Å². The lowest BCUT2D eigenvalue weighted by molar-refractivity contribution is -0.144. The van der Waals surface area contributed by atoms with Crippen molar-refractivity contribution in [1.29, 1.82) is 0 Å². The monoisotopic (exact) mass is 228 g/mol. The van der Waals surface area contributed by atoms with Crippen LogP contribution in [-0.2, 0) is 9.53 Å². The highest BCUT2D eigenvalue weighted by atomic mass is 16.5. The van der Waals surface area contributed by atoms with Gasteiger partial charge in [0.15, 0.2) is 6.10 Å². The van der Waals surface area contributed by atoms with Crippen LogP contribution in [0.4, 0.5) is 0 Å². The van der Waals surface area contributed by atoms with Crippen molar-refractivity contribution in [2.75, 3.05) is 0 Å². The molecule has 17 heavy (non-hydrogen) atoms. The minimum absolute atomic E-state index is 0.251. The van der Waals surface area contributed by atoms with Crippen LogP contribution in [0.2, 0.25) is 0 Å². The highest BCUT2D eigenvalue weighted by Gasteiger charge is 2.18. The number of hydrogen-bond donors (Lipinski definition) is 0. The Balaban J connectivity index is 2.28. The fourth-order valence-electron chi connectivity index (χ4n) is 1.95. The summed E-state index contributed by atoms with van der Waals surface area (Å²) in [5.74, 6) is -0.251. The van der Waals surface area contributed by atoms with Gasteiger partial charge in [0, 0.05) is 6.92 Å². The van der Waals surface area contributed by atoms with Gasteiger partial charge in [-0.25, -0.2) is 0 Å². The molecule has 0 fully saturated rings. The zero-order valence-electron chi connectivity index (χ0n) is 9.93. The molecule has 1 atom stereocenters. The quantitative estimate of drug-likeness (QED) is 0.739. The third kappa shape index (κ3) is 3.06.